The Morgan fingerprint density at radius 1 is 0.985 bits per heavy atom. The maximum atomic E-state index is 15.0. The Morgan fingerprint density at radius 2 is 1.69 bits per heavy atom. The van der Waals surface area contributed by atoms with Crippen LogP contribution in [0.3, 0.4) is 0 Å². The van der Waals surface area contributed by atoms with E-state index in [-0.39, 0.29) is 37.9 Å². The van der Waals surface area contributed by atoms with Crippen LogP contribution in [0.5, 0.6) is 5.75 Å². The number of methoxy groups -OCH3 is 1. The van der Waals surface area contributed by atoms with Gasteiger partial charge in [-0.2, -0.15) is 0 Å². The van der Waals surface area contributed by atoms with E-state index in [0.717, 1.165) is 11.1 Å². The van der Waals surface area contributed by atoms with E-state index in [9.17, 15) is 24.3 Å². The minimum Gasteiger partial charge on any atom is -0.494 e. The first-order valence-electron chi connectivity index (χ1n) is 23.7. The van der Waals surface area contributed by atoms with Gasteiger partial charge in [-0.15, -0.1) is 0 Å². The van der Waals surface area contributed by atoms with Gasteiger partial charge in [0.15, 0.2) is 11.9 Å². The fourth-order valence-electron chi connectivity index (χ4n) is 10.3. The molecule has 3 aliphatic heterocycles. The molecule has 0 spiro atoms. The number of fused-ring (bicyclic) bond motifs is 1. The highest BCUT2D eigenvalue weighted by molar-refractivity contribution is 5.85. The van der Waals surface area contributed by atoms with Crippen LogP contribution >= 0.6 is 0 Å². The van der Waals surface area contributed by atoms with Crippen LogP contribution in [0.2, 0.25) is 0 Å². The molecule has 0 bridgehead atoms. The van der Waals surface area contributed by atoms with E-state index in [1.54, 1.807) is 96.5 Å². The molecule has 68 heavy (non-hydrogen) atoms. The SMILES string of the molecule is C=CN(C)[C@H]1C[C@@H](C)OC(O[C@@H]2[C@@H](C)[C@H](OC(=O)Cc3cccnc3)[C@@H](C)C(=O)O[C@H](C)[C@@]3(C)OC(=O)N(CCCOc4cccc(-c5cccnc5)c4)[C@@H]3[C@@H](C)C(=O)[C@H](C)C[C@@]2(C)OC)[C@@H]1O. The third-order valence-corrected chi connectivity index (χ3v) is 14.3. The number of benzene rings is 1. The number of ketones is 1. The number of aromatic nitrogens is 2. The summed E-state index contributed by atoms with van der Waals surface area (Å²) in [5.41, 5.74) is -0.327. The zero-order chi connectivity index (χ0) is 49.5. The average Bonchev–Trinajstić information content (AvgIpc) is 3.60. The molecule has 1 N–H and O–H groups in total. The molecule has 3 aliphatic rings. The molecule has 3 aromatic rings. The number of aliphatic hydroxyl groups excluding tert-OH is 1. The topological polar surface area (TPSA) is 185 Å². The van der Waals surface area contributed by atoms with Crippen LogP contribution in [-0.4, -0.2) is 136 Å². The predicted molar refractivity (Wildman–Crippen MR) is 252 cm³/mol. The van der Waals surface area contributed by atoms with E-state index in [4.69, 9.17) is 33.2 Å². The molecule has 1 amide bonds. The van der Waals surface area contributed by atoms with Gasteiger partial charge in [0.05, 0.1) is 48.8 Å². The summed E-state index contributed by atoms with van der Waals surface area (Å²) < 4.78 is 44.4. The third-order valence-electron chi connectivity index (χ3n) is 14.3. The van der Waals surface area contributed by atoms with Gasteiger partial charge in [0.1, 0.15) is 29.8 Å². The van der Waals surface area contributed by atoms with Crippen LogP contribution in [0.25, 0.3) is 11.1 Å². The van der Waals surface area contributed by atoms with Crippen molar-refractivity contribution in [2.45, 2.75) is 141 Å². The van der Waals surface area contributed by atoms with Gasteiger partial charge >= 0.3 is 18.0 Å². The largest absolute Gasteiger partial charge is 0.494 e. The lowest BCUT2D eigenvalue weighted by Crippen LogP contribution is -2.60. The average molecular weight is 943 g/mol. The Morgan fingerprint density at radius 3 is 2.35 bits per heavy atom. The molecule has 0 aliphatic carbocycles. The number of pyridine rings is 2. The molecule has 0 radical (unpaired) electrons. The molecule has 2 aromatic heterocycles. The number of nitrogens with zero attached hydrogens (tertiary/aromatic N) is 4. The number of ether oxygens (including phenoxy) is 7. The van der Waals surface area contributed by atoms with E-state index in [0.29, 0.717) is 24.2 Å². The highest BCUT2D eigenvalue weighted by atomic mass is 16.7. The van der Waals surface area contributed by atoms with E-state index < -0.39 is 95.7 Å². The van der Waals surface area contributed by atoms with Gasteiger partial charge in [0.2, 0.25) is 0 Å². The van der Waals surface area contributed by atoms with Crippen molar-refractivity contribution in [2.75, 3.05) is 27.3 Å². The summed E-state index contributed by atoms with van der Waals surface area (Å²) in [7, 11) is 3.32. The third kappa shape index (κ3) is 11.5. The van der Waals surface area contributed by atoms with Crippen molar-refractivity contribution in [2.24, 2.45) is 23.7 Å². The molecular weight excluding hydrogens is 873 g/mol. The highest BCUT2D eigenvalue weighted by Crippen LogP contribution is 2.43. The summed E-state index contributed by atoms with van der Waals surface area (Å²) in [6.07, 6.45) is 2.42. The molecule has 6 rings (SSSR count). The first kappa shape index (κ1) is 52.0. The predicted octanol–water partition coefficient (Wildman–Crippen LogP) is 6.83. The Hall–Kier alpha value is -5.42. The zero-order valence-electron chi connectivity index (χ0n) is 41.1. The Kier molecular flexibility index (Phi) is 17.1. The number of aliphatic hydroxyl groups is 1. The van der Waals surface area contributed by atoms with Crippen LogP contribution in [0, 0.1) is 23.7 Å². The lowest BCUT2D eigenvalue weighted by Gasteiger charge is -2.48. The second-order valence-corrected chi connectivity index (χ2v) is 19.2. The molecule has 0 saturated carbocycles. The first-order valence-corrected chi connectivity index (χ1v) is 23.7. The monoisotopic (exact) mass is 942 g/mol. The maximum absolute atomic E-state index is 15.0. The van der Waals surface area contributed by atoms with Crippen molar-refractivity contribution in [3.05, 3.63) is 91.7 Å². The Labute approximate surface area is 400 Å². The molecular formula is C52H70N4O12. The number of esters is 2. The van der Waals surface area contributed by atoms with Gasteiger partial charge in [0, 0.05) is 68.8 Å². The fraction of sp³-hybridized carbons (Fsp3) is 0.577. The summed E-state index contributed by atoms with van der Waals surface area (Å²) in [5.74, 6) is -4.40. The lowest BCUT2D eigenvalue weighted by molar-refractivity contribution is -0.301. The van der Waals surface area contributed by atoms with Gasteiger partial charge < -0.3 is 48.1 Å². The normalized spacial score (nSPS) is 33.6. The van der Waals surface area contributed by atoms with E-state index in [1.165, 1.54) is 12.0 Å². The summed E-state index contributed by atoms with van der Waals surface area (Å²) in [5, 5.41) is 11.8. The molecule has 3 fully saturated rings. The molecule has 5 heterocycles. The molecule has 1 unspecified atom stereocenters. The number of cyclic esters (lactones) is 1. The minimum atomic E-state index is -1.49. The molecule has 14 atom stereocenters. The quantitative estimate of drug-likeness (QED) is 0.101. The van der Waals surface area contributed by atoms with Crippen molar-refractivity contribution >= 4 is 23.8 Å². The van der Waals surface area contributed by atoms with Crippen molar-refractivity contribution in [1.82, 2.24) is 19.8 Å². The number of Topliss-reactive ketones (excluding diaryl/α,β-unsaturated/α-hetero) is 1. The summed E-state index contributed by atoms with van der Waals surface area (Å²) in [4.78, 5) is 69.2. The van der Waals surface area contributed by atoms with E-state index in [1.807, 2.05) is 50.4 Å². The van der Waals surface area contributed by atoms with Gasteiger partial charge in [-0.3, -0.25) is 24.4 Å². The van der Waals surface area contributed by atoms with Crippen molar-refractivity contribution in [1.29, 1.82) is 0 Å². The van der Waals surface area contributed by atoms with Gasteiger partial charge in [-0.1, -0.05) is 51.6 Å². The molecule has 16 nitrogen and oxygen atoms in total. The van der Waals surface area contributed by atoms with Crippen molar-refractivity contribution < 1.29 is 57.4 Å². The number of hydrogen-bond donors (Lipinski definition) is 1. The van der Waals surface area contributed by atoms with Crippen LogP contribution in [-0.2, 0) is 49.2 Å². The van der Waals surface area contributed by atoms with Crippen LogP contribution < -0.4 is 4.74 Å². The first-order chi connectivity index (χ1) is 32.3. The van der Waals surface area contributed by atoms with Crippen LogP contribution in [0.15, 0.2) is 86.1 Å². The number of hydrogen-bond acceptors (Lipinski definition) is 15. The Balaban J connectivity index is 1.33. The number of rotatable bonds is 14. The molecule has 16 heteroatoms. The second-order valence-electron chi connectivity index (χ2n) is 19.2. The van der Waals surface area contributed by atoms with Crippen LogP contribution in [0.1, 0.15) is 80.2 Å². The number of carbonyl (C=O) groups excluding carboxylic acids is 4. The van der Waals surface area contributed by atoms with E-state index >= 15 is 0 Å². The fourth-order valence-corrected chi connectivity index (χ4v) is 10.3. The molecule has 370 valence electrons. The highest BCUT2D eigenvalue weighted by Gasteiger charge is 2.60. The van der Waals surface area contributed by atoms with E-state index in [2.05, 4.69) is 16.5 Å². The molecule has 1 aromatic carbocycles. The van der Waals surface area contributed by atoms with Crippen molar-refractivity contribution in [3.8, 4) is 16.9 Å². The smallest absolute Gasteiger partial charge is 0.410 e. The second kappa shape index (κ2) is 22.3. The van der Waals surface area contributed by atoms with Gasteiger partial charge in [-0.05, 0) is 95.5 Å². The zero-order valence-corrected chi connectivity index (χ0v) is 41.1. The van der Waals surface area contributed by atoms with Gasteiger partial charge in [0.25, 0.3) is 0 Å². The number of carbonyl (C=O) groups is 4. The number of likely N-dealkylation sites (N-methyl/N-ethyl adjacent to an activating group) is 1. The van der Waals surface area contributed by atoms with Crippen molar-refractivity contribution in [3.63, 3.8) is 0 Å². The minimum absolute atomic E-state index is 0.0882. The summed E-state index contributed by atoms with van der Waals surface area (Å²) >= 11 is 0. The summed E-state index contributed by atoms with van der Waals surface area (Å²) in [6, 6.07) is 13.7. The lowest BCUT2D eigenvalue weighted by atomic mass is 9.73. The maximum Gasteiger partial charge on any atom is 0.410 e. The standard InChI is InChI=1S/C52H70N4O12/c1-12-55(10)41-25-32(3)64-49(44(41)59)67-47-34(5)45(66-42(57)26-37-17-14-21-53-29-37)35(6)48(60)65-36(7)52(9)46(33(4)43(58)31(2)28-51(47,8)62-11)56(50(61)68-52)23-16-24-63-40-20-13-18-38(27-40)39-19-15-22-54-30-39/h12-15,17-22,27,29-36,41,44-47,49,59H,1,16,23-26,28H2,2-11H3/t31-,32-,33+,34+,35-,36-,41+,44-,45+,46-,47-,49?,51-,52-/m1/s1. The summed E-state index contributed by atoms with van der Waals surface area (Å²) in [6.45, 7) is 18.3. The molecule has 3 saturated heterocycles. The van der Waals surface area contributed by atoms with Gasteiger partial charge in [-0.25, -0.2) is 4.79 Å². The van der Waals surface area contributed by atoms with Crippen LogP contribution in [0.4, 0.5) is 4.79 Å². The number of amides is 1. The Bertz CT molecular complexity index is 2200.